The second-order valence-electron chi connectivity index (χ2n) is 5.54. The molecule has 0 aromatic carbocycles. The Morgan fingerprint density at radius 2 is 2.06 bits per heavy atom. The molecule has 0 aliphatic heterocycles. The summed E-state index contributed by atoms with van der Waals surface area (Å²) in [6, 6.07) is 1.82. The number of nitrogens with zero attached hydrogens (tertiary/aromatic N) is 2. The Hall–Kier alpha value is -0.800. The van der Waals surface area contributed by atoms with Gasteiger partial charge in [0, 0.05) is 5.92 Å². The molecule has 1 N–H and O–H groups in total. The molecule has 3 unspecified atom stereocenters. The summed E-state index contributed by atoms with van der Waals surface area (Å²) in [6.07, 6.45) is 5.39. The van der Waals surface area contributed by atoms with Crippen LogP contribution in [-0.2, 0) is 0 Å². The average Bonchev–Trinajstić information content (AvgIpc) is 3.02. The lowest BCUT2D eigenvalue weighted by Crippen LogP contribution is -2.09. The van der Waals surface area contributed by atoms with Gasteiger partial charge in [0.1, 0.15) is 11.0 Å². The van der Waals surface area contributed by atoms with Crippen LogP contribution in [0, 0.1) is 11.8 Å². The fourth-order valence-electron chi connectivity index (χ4n) is 3.67. The van der Waals surface area contributed by atoms with E-state index in [0.29, 0.717) is 21.7 Å². The quantitative estimate of drug-likeness (QED) is 0.797. The molecule has 3 atom stereocenters. The van der Waals surface area contributed by atoms with Crippen molar-refractivity contribution in [3.8, 4) is 0 Å². The fraction of sp³-hybridized carbons (Fsp3) is 0.538. The van der Waals surface area contributed by atoms with Gasteiger partial charge in [-0.3, -0.25) is 0 Å². The maximum Gasteiger partial charge on any atom is 0.179 e. The summed E-state index contributed by atoms with van der Waals surface area (Å²) >= 11 is 11.9. The van der Waals surface area contributed by atoms with Crippen molar-refractivity contribution in [3.63, 3.8) is 0 Å². The van der Waals surface area contributed by atoms with Crippen molar-refractivity contribution in [1.29, 1.82) is 0 Å². The van der Waals surface area contributed by atoms with Crippen LogP contribution in [0.4, 0.5) is 0 Å². The maximum atomic E-state index is 5.98. The lowest BCUT2D eigenvalue weighted by atomic mass is 9.88. The molecule has 5 heteroatoms. The van der Waals surface area contributed by atoms with E-state index in [1.165, 1.54) is 25.7 Å². The van der Waals surface area contributed by atoms with Gasteiger partial charge in [-0.1, -0.05) is 29.6 Å². The molecule has 2 bridgehead atoms. The largest absolute Gasteiger partial charge is 0.340 e. The van der Waals surface area contributed by atoms with Crippen LogP contribution in [-0.4, -0.2) is 15.0 Å². The zero-order valence-corrected chi connectivity index (χ0v) is 11.3. The van der Waals surface area contributed by atoms with E-state index in [0.717, 1.165) is 23.2 Å². The van der Waals surface area contributed by atoms with Gasteiger partial charge in [0.2, 0.25) is 0 Å². The Bertz CT molecular complexity index is 583. The van der Waals surface area contributed by atoms with Crippen LogP contribution in [0.5, 0.6) is 0 Å². The van der Waals surface area contributed by atoms with Gasteiger partial charge in [-0.05, 0) is 37.2 Å². The second kappa shape index (κ2) is 3.84. The Balaban J connectivity index is 1.77. The highest BCUT2D eigenvalue weighted by molar-refractivity contribution is 6.41. The number of hydrogen-bond donors (Lipinski definition) is 1. The second-order valence-corrected chi connectivity index (χ2v) is 6.30. The minimum atomic E-state index is 0.329. The first-order valence-electron chi connectivity index (χ1n) is 6.42. The summed E-state index contributed by atoms with van der Waals surface area (Å²) in [5.74, 6) is 3.37. The standard InChI is InChI=1S/C13H13Cl2N3/c14-9-5-10-13(17-11(9)15)18-12(16-10)8-4-6-1-2-7(8)3-6/h5-8H,1-4H2,(H,16,17,18). The molecule has 0 spiro atoms. The smallest absolute Gasteiger partial charge is 0.179 e. The molecule has 2 aliphatic carbocycles. The van der Waals surface area contributed by atoms with E-state index >= 15 is 0 Å². The molecule has 0 amide bonds. The van der Waals surface area contributed by atoms with Gasteiger partial charge in [-0.25, -0.2) is 9.97 Å². The van der Waals surface area contributed by atoms with Gasteiger partial charge < -0.3 is 4.98 Å². The van der Waals surface area contributed by atoms with Gasteiger partial charge in [-0.15, -0.1) is 0 Å². The molecular weight excluding hydrogens is 269 g/mol. The molecule has 2 heterocycles. The van der Waals surface area contributed by atoms with Gasteiger partial charge in [0.15, 0.2) is 5.65 Å². The Kier molecular flexibility index (Phi) is 2.36. The van der Waals surface area contributed by atoms with Crippen LogP contribution in [0.15, 0.2) is 6.07 Å². The van der Waals surface area contributed by atoms with Crippen molar-refractivity contribution in [3.05, 3.63) is 22.1 Å². The Morgan fingerprint density at radius 1 is 1.17 bits per heavy atom. The van der Waals surface area contributed by atoms with Crippen LogP contribution in [0.25, 0.3) is 11.2 Å². The molecule has 18 heavy (non-hydrogen) atoms. The number of hydrogen-bond acceptors (Lipinski definition) is 2. The molecule has 94 valence electrons. The first kappa shape index (κ1) is 11.1. The van der Waals surface area contributed by atoms with Gasteiger partial charge in [-0.2, -0.15) is 0 Å². The highest BCUT2D eigenvalue weighted by Gasteiger charge is 2.41. The topological polar surface area (TPSA) is 41.6 Å². The van der Waals surface area contributed by atoms with Crippen LogP contribution in [0.3, 0.4) is 0 Å². The number of H-pyrrole nitrogens is 1. The summed E-state index contributed by atoms with van der Waals surface area (Å²) in [4.78, 5) is 12.2. The van der Waals surface area contributed by atoms with E-state index in [1.54, 1.807) is 0 Å². The van der Waals surface area contributed by atoms with Crippen LogP contribution in [0.2, 0.25) is 10.2 Å². The normalized spacial score (nSPS) is 30.4. The third-order valence-electron chi connectivity index (χ3n) is 4.49. The summed E-state index contributed by atoms with van der Waals surface area (Å²) in [5.41, 5.74) is 1.57. The van der Waals surface area contributed by atoms with Crippen LogP contribution in [0.1, 0.15) is 37.4 Å². The highest BCUT2D eigenvalue weighted by Crippen LogP contribution is 2.52. The summed E-state index contributed by atoms with van der Waals surface area (Å²) in [6.45, 7) is 0. The van der Waals surface area contributed by atoms with Gasteiger partial charge in [0.25, 0.3) is 0 Å². The van der Waals surface area contributed by atoms with E-state index in [2.05, 4.69) is 15.0 Å². The van der Waals surface area contributed by atoms with Crippen molar-refractivity contribution in [2.24, 2.45) is 11.8 Å². The summed E-state index contributed by atoms with van der Waals surface area (Å²) in [5, 5.41) is 0.808. The highest BCUT2D eigenvalue weighted by atomic mass is 35.5. The van der Waals surface area contributed by atoms with E-state index in [-0.39, 0.29) is 0 Å². The zero-order valence-electron chi connectivity index (χ0n) is 9.79. The monoisotopic (exact) mass is 281 g/mol. The first-order chi connectivity index (χ1) is 8.70. The minimum Gasteiger partial charge on any atom is -0.340 e. The molecule has 2 saturated carbocycles. The van der Waals surface area contributed by atoms with Crippen LogP contribution >= 0.6 is 23.2 Å². The zero-order chi connectivity index (χ0) is 12.3. The molecule has 0 radical (unpaired) electrons. The minimum absolute atomic E-state index is 0.329. The number of nitrogens with one attached hydrogen (secondary N) is 1. The van der Waals surface area contributed by atoms with Gasteiger partial charge >= 0.3 is 0 Å². The lowest BCUT2D eigenvalue weighted by Gasteiger charge is -2.18. The Morgan fingerprint density at radius 3 is 2.78 bits per heavy atom. The molecule has 2 aromatic heterocycles. The third kappa shape index (κ3) is 1.57. The predicted molar refractivity (Wildman–Crippen MR) is 72.1 cm³/mol. The molecule has 2 aromatic rings. The van der Waals surface area contributed by atoms with E-state index in [1.807, 2.05) is 6.07 Å². The number of aromatic nitrogens is 3. The number of aromatic amines is 1. The summed E-state index contributed by atoms with van der Waals surface area (Å²) < 4.78 is 0. The van der Waals surface area contributed by atoms with Crippen LogP contribution < -0.4 is 0 Å². The first-order valence-corrected chi connectivity index (χ1v) is 7.18. The van der Waals surface area contributed by atoms with E-state index in [9.17, 15) is 0 Å². The van der Waals surface area contributed by atoms with Crippen molar-refractivity contribution in [2.45, 2.75) is 31.6 Å². The van der Waals surface area contributed by atoms with Crippen molar-refractivity contribution in [1.82, 2.24) is 15.0 Å². The van der Waals surface area contributed by atoms with Crippen molar-refractivity contribution >= 4 is 34.4 Å². The van der Waals surface area contributed by atoms with Gasteiger partial charge in [0.05, 0.1) is 10.5 Å². The number of fused-ring (bicyclic) bond motifs is 3. The maximum absolute atomic E-state index is 5.98. The predicted octanol–water partition coefficient (Wildman–Crippen LogP) is 4.17. The molecular formula is C13H13Cl2N3. The van der Waals surface area contributed by atoms with E-state index < -0.39 is 0 Å². The number of rotatable bonds is 1. The molecule has 4 rings (SSSR count). The Labute approximate surface area is 115 Å². The van der Waals surface area contributed by atoms with Crippen molar-refractivity contribution in [2.75, 3.05) is 0 Å². The van der Waals surface area contributed by atoms with E-state index in [4.69, 9.17) is 23.2 Å². The number of imidazole rings is 1. The molecule has 3 nitrogen and oxygen atoms in total. The third-order valence-corrected chi connectivity index (χ3v) is 5.16. The molecule has 2 fully saturated rings. The number of halogens is 2. The summed E-state index contributed by atoms with van der Waals surface area (Å²) in [7, 11) is 0. The average molecular weight is 282 g/mol. The molecule has 0 saturated heterocycles. The number of pyridine rings is 1. The molecule has 2 aliphatic rings. The lowest BCUT2D eigenvalue weighted by molar-refractivity contribution is 0.408. The SMILES string of the molecule is Clc1cc2[nH]c(C3CC4CCC3C4)nc2nc1Cl. The fourth-order valence-corrected chi connectivity index (χ4v) is 3.96. The van der Waals surface area contributed by atoms with Crippen molar-refractivity contribution < 1.29 is 0 Å².